The van der Waals surface area contributed by atoms with Gasteiger partial charge in [0.2, 0.25) is 5.91 Å². The second kappa shape index (κ2) is 10.5. The van der Waals surface area contributed by atoms with Crippen molar-refractivity contribution >= 4 is 35.0 Å². The molecule has 0 aromatic heterocycles. The molecule has 0 spiro atoms. The van der Waals surface area contributed by atoms with Crippen LogP contribution >= 0.6 is 11.8 Å². The number of anilines is 2. The summed E-state index contributed by atoms with van der Waals surface area (Å²) in [6.45, 7) is 0.113. The lowest BCUT2D eigenvalue weighted by Gasteiger charge is -2.13. The molecule has 2 rings (SSSR count). The summed E-state index contributed by atoms with van der Waals surface area (Å²) in [4.78, 5) is 25.2. The van der Waals surface area contributed by atoms with Crippen LogP contribution in [0.4, 0.5) is 11.4 Å². The smallest absolute Gasteiger partial charge is 0.254 e. The molecule has 0 aliphatic heterocycles. The molecule has 2 amide bonds. The van der Waals surface area contributed by atoms with Gasteiger partial charge < -0.3 is 16.0 Å². The number of benzene rings is 2. The number of thioether (sulfide) groups is 1. The fourth-order valence-corrected chi connectivity index (χ4v) is 2.91. The van der Waals surface area contributed by atoms with Crippen LogP contribution in [-0.2, 0) is 4.79 Å². The van der Waals surface area contributed by atoms with E-state index in [2.05, 4.69) is 27.9 Å². The number of rotatable bonds is 8. The van der Waals surface area contributed by atoms with Gasteiger partial charge in [0.25, 0.3) is 5.91 Å². The summed E-state index contributed by atoms with van der Waals surface area (Å²) in [6.07, 6.45) is 5.15. The van der Waals surface area contributed by atoms with Gasteiger partial charge >= 0.3 is 0 Å². The summed E-state index contributed by atoms with van der Waals surface area (Å²) >= 11 is 1.35. The van der Waals surface area contributed by atoms with E-state index in [9.17, 15) is 9.59 Å². The Morgan fingerprint density at radius 2 is 1.78 bits per heavy atom. The van der Waals surface area contributed by atoms with Crippen molar-refractivity contribution in [3.8, 4) is 18.4 Å². The molecule has 3 N–H and O–H groups in total. The molecule has 0 bridgehead atoms. The van der Waals surface area contributed by atoms with Crippen molar-refractivity contribution in [2.45, 2.75) is 4.90 Å². The van der Waals surface area contributed by atoms with Crippen molar-refractivity contribution in [1.82, 2.24) is 5.32 Å². The topological polar surface area (TPSA) is 94.0 Å². The highest BCUT2D eigenvalue weighted by atomic mass is 32.2. The SMILES string of the molecule is C#CCNC(=O)c1ccccc1NCC(=O)Nc1ccccc1SCC#N. The standard InChI is InChI=1S/C20H18N4O2S/c1-2-12-22-20(26)15-7-3-4-8-16(15)23-14-19(25)24-17-9-5-6-10-18(17)27-13-11-21/h1,3-10,23H,12-14H2,(H,22,26)(H,24,25). The number of hydrogen-bond acceptors (Lipinski definition) is 5. The number of nitrogens with one attached hydrogen (secondary N) is 3. The molecule has 0 saturated heterocycles. The van der Waals surface area contributed by atoms with Crippen molar-refractivity contribution in [1.29, 1.82) is 5.26 Å². The van der Waals surface area contributed by atoms with Crippen molar-refractivity contribution in [3.63, 3.8) is 0 Å². The van der Waals surface area contributed by atoms with Gasteiger partial charge in [-0.1, -0.05) is 30.2 Å². The number of nitriles is 1. The molecule has 0 aliphatic rings. The van der Waals surface area contributed by atoms with Gasteiger partial charge in [-0.05, 0) is 24.3 Å². The van der Waals surface area contributed by atoms with E-state index in [0.717, 1.165) is 4.90 Å². The first-order valence-corrected chi connectivity index (χ1v) is 9.07. The van der Waals surface area contributed by atoms with Crippen molar-refractivity contribution in [2.24, 2.45) is 0 Å². The molecule has 0 aliphatic carbocycles. The van der Waals surface area contributed by atoms with E-state index in [-0.39, 0.29) is 24.9 Å². The molecule has 6 nitrogen and oxygen atoms in total. The molecule has 2 aromatic carbocycles. The first-order valence-electron chi connectivity index (χ1n) is 8.09. The van der Waals surface area contributed by atoms with E-state index in [1.165, 1.54) is 11.8 Å². The van der Waals surface area contributed by atoms with Crippen LogP contribution in [0.2, 0.25) is 0 Å². The first-order chi connectivity index (χ1) is 13.2. The largest absolute Gasteiger partial charge is 0.376 e. The molecule has 0 fully saturated rings. The fourth-order valence-electron chi connectivity index (χ4n) is 2.24. The Balaban J connectivity index is 2.00. The summed E-state index contributed by atoms with van der Waals surface area (Å²) < 4.78 is 0. The van der Waals surface area contributed by atoms with Gasteiger partial charge in [-0.25, -0.2) is 0 Å². The second-order valence-electron chi connectivity index (χ2n) is 5.28. The first kappa shape index (κ1) is 19.9. The molecule has 2 aromatic rings. The number of carbonyl (C=O) groups excluding carboxylic acids is 2. The molecule has 0 atom stereocenters. The Morgan fingerprint density at radius 1 is 1.07 bits per heavy atom. The molecule has 0 unspecified atom stereocenters. The van der Waals surface area contributed by atoms with E-state index >= 15 is 0 Å². The lowest BCUT2D eigenvalue weighted by atomic mass is 10.1. The summed E-state index contributed by atoms with van der Waals surface area (Å²) in [5.74, 6) is 2.07. The van der Waals surface area contributed by atoms with Crippen LogP contribution in [0.15, 0.2) is 53.4 Å². The van der Waals surface area contributed by atoms with E-state index in [1.807, 2.05) is 18.2 Å². The molecular formula is C20H18N4O2S. The fraction of sp³-hybridized carbons (Fsp3) is 0.150. The third kappa shape index (κ3) is 6.10. The lowest BCUT2D eigenvalue weighted by Crippen LogP contribution is -2.26. The number of amides is 2. The molecule has 0 saturated carbocycles. The maximum Gasteiger partial charge on any atom is 0.254 e. The molecule has 27 heavy (non-hydrogen) atoms. The minimum absolute atomic E-state index is 0.0172. The quantitative estimate of drug-likeness (QED) is 0.485. The monoisotopic (exact) mass is 378 g/mol. The Hall–Kier alpha value is -3.42. The highest BCUT2D eigenvalue weighted by Crippen LogP contribution is 2.26. The average Bonchev–Trinajstić information content (AvgIpc) is 2.70. The predicted octanol–water partition coefficient (Wildman–Crippen LogP) is 2.72. The third-order valence-corrected chi connectivity index (χ3v) is 4.36. The number of nitrogens with zero attached hydrogens (tertiary/aromatic N) is 1. The highest BCUT2D eigenvalue weighted by Gasteiger charge is 2.12. The van der Waals surface area contributed by atoms with Gasteiger partial charge in [-0.3, -0.25) is 9.59 Å². The Labute approximate surface area is 162 Å². The van der Waals surface area contributed by atoms with Gasteiger partial charge in [-0.2, -0.15) is 5.26 Å². The van der Waals surface area contributed by atoms with Crippen LogP contribution in [0.3, 0.4) is 0 Å². The third-order valence-electron chi connectivity index (χ3n) is 3.42. The van der Waals surface area contributed by atoms with E-state index in [1.54, 1.807) is 30.3 Å². The minimum atomic E-state index is -0.310. The zero-order valence-corrected chi connectivity index (χ0v) is 15.3. The molecule has 0 heterocycles. The van der Waals surface area contributed by atoms with Gasteiger partial charge in [0.05, 0.1) is 36.2 Å². The van der Waals surface area contributed by atoms with Crippen LogP contribution in [0.1, 0.15) is 10.4 Å². The minimum Gasteiger partial charge on any atom is -0.376 e. The van der Waals surface area contributed by atoms with Gasteiger partial charge in [0.15, 0.2) is 0 Å². The number of para-hydroxylation sites is 2. The molecule has 7 heteroatoms. The summed E-state index contributed by atoms with van der Waals surface area (Å²) in [7, 11) is 0. The summed E-state index contributed by atoms with van der Waals surface area (Å²) in [5.41, 5.74) is 1.59. The van der Waals surface area contributed by atoms with Crippen LogP contribution in [0.5, 0.6) is 0 Å². The number of carbonyl (C=O) groups is 2. The van der Waals surface area contributed by atoms with E-state index < -0.39 is 0 Å². The molecule has 136 valence electrons. The zero-order chi connectivity index (χ0) is 19.5. The zero-order valence-electron chi connectivity index (χ0n) is 14.5. The predicted molar refractivity (Wildman–Crippen MR) is 108 cm³/mol. The van der Waals surface area contributed by atoms with Gasteiger partial charge in [0.1, 0.15) is 0 Å². The maximum atomic E-state index is 12.3. The van der Waals surface area contributed by atoms with Crippen molar-refractivity contribution in [3.05, 3.63) is 54.1 Å². The summed E-state index contributed by atoms with van der Waals surface area (Å²) in [6, 6.07) is 16.2. The second-order valence-corrected chi connectivity index (χ2v) is 6.29. The highest BCUT2D eigenvalue weighted by molar-refractivity contribution is 7.99. The number of terminal acetylenes is 1. The lowest BCUT2D eigenvalue weighted by molar-refractivity contribution is -0.114. The van der Waals surface area contributed by atoms with Gasteiger partial charge in [0, 0.05) is 10.6 Å². The Bertz CT molecular complexity index is 899. The van der Waals surface area contributed by atoms with Gasteiger partial charge in [-0.15, -0.1) is 18.2 Å². The van der Waals surface area contributed by atoms with Crippen LogP contribution in [0, 0.1) is 23.7 Å². The van der Waals surface area contributed by atoms with Crippen LogP contribution in [-0.4, -0.2) is 30.7 Å². The molecule has 0 radical (unpaired) electrons. The van der Waals surface area contributed by atoms with E-state index in [4.69, 9.17) is 11.7 Å². The Kier molecular flexibility index (Phi) is 7.77. The average molecular weight is 378 g/mol. The van der Waals surface area contributed by atoms with Crippen LogP contribution in [0.25, 0.3) is 0 Å². The van der Waals surface area contributed by atoms with E-state index in [0.29, 0.717) is 22.7 Å². The summed E-state index contributed by atoms with van der Waals surface area (Å²) in [5, 5.41) is 17.1. The van der Waals surface area contributed by atoms with Crippen molar-refractivity contribution < 1.29 is 9.59 Å². The van der Waals surface area contributed by atoms with Crippen molar-refractivity contribution in [2.75, 3.05) is 29.5 Å². The van der Waals surface area contributed by atoms with Crippen LogP contribution < -0.4 is 16.0 Å². The maximum absolute atomic E-state index is 12.3. The number of hydrogen-bond donors (Lipinski definition) is 3. The molecular weight excluding hydrogens is 360 g/mol. The Morgan fingerprint density at radius 3 is 2.52 bits per heavy atom. The normalized spacial score (nSPS) is 9.56.